The number of ketones is 2. The summed E-state index contributed by atoms with van der Waals surface area (Å²) in [4.78, 5) is 34.1. The first-order chi connectivity index (χ1) is 10.5. The van der Waals surface area contributed by atoms with Crippen molar-refractivity contribution in [2.45, 2.75) is 19.9 Å². The Morgan fingerprint density at radius 1 is 1.23 bits per heavy atom. The van der Waals surface area contributed by atoms with Crippen molar-refractivity contribution in [2.75, 3.05) is 6.79 Å². The number of Topliss-reactive ketones (excluding diaryl/α,β-unsaturated/α-hetero) is 2. The standard InChI is InChI=1S/C15H13NO6/c1-2-16-6-9(11(17)5-12(18)15(19)20)8-3-13-14(4-10(8)16)22-7-21-13/h3-4,6H,2,5,7H2,1H3,(H,19,20). The number of aryl methyl sites for hydroxylation is 1. The Morgan fingerprint density at radius 3 is 2.55 bits per heavy atom. The minimum absolute atomic E-state index is 0.120. The Labute approximate surface area is 125 Å². The largest absolute Gasteiger partial charge is 0.475 e. The number of aromatic nitrogens is 1. The number of hydrogen-bond donors (Lipinski definition) is 1. The molecular weight excluding hydrogens is 290 g/mol. The molecule has 2 aromatic rings. The van der Waals surface area contributed by atoms with Crippen LogP contribution < -0.4 is 9.47 Å². The van der Waals surface area contributed by atoms with Crippen molar-refractivity contribution >= 4 is 28.4 Å². The van der Waals surface area contributed by atoms with Gasteiger partial charge in [-0.05, 0) is 13.0 Å². The van der Waals surface area contributed by atoms with Crippen LogP contribution in [0.2, 0.25) is 0 Å². The Balaban J connectivity index is 2.08. The molecule has 0 bridgehead atoms. The van der Waals surface area contributed by atoms with Gasteiger partial charge in [-0.25, -0.2) is 4.79 Å². The third kappa shape index (κ3) is 2.20. The molecule has 0 amide bonds. The molecule has 1 aliphatic heterocycles. The van der Waals surface area contributed by atoms with Crippen molar-refractivity contribution in [1.29, 1.82) is 0 Å². The number of carbonyl (C=O) groups is 3. The molecule has 2 heterocycles. The molecule has 0 saturated carbocycles. The lowest BCUT2D eigenvalue weighted by Gasteiger charge is -2.01. The number of carbonyl (C=O) groups excluding carboxylic acids is 2. The fraction of sp³-hybridized carbons (Fsp3) is 0.267. The van der Waals surface area contributed by atoms with Gasteiger partial charge in [-0.2, -0.15) is 0 Å². The molecule has 22 heavy (non-hydrogen) atoms. The maximum Gasteiger partial charge on any atom is 0.372 e. The zero-order chi connectivity index (χ0) is 15.9. The summed E-state index contributed by atoms with van der Waals surface area (Å²) in [6.07, 6.45) is 0.962. The van der Waals surface area contributed by atoms with Crippen molar-refractivity contribution < 1.29 is 29.0 Å². The van der Waals surface area contributed by atoms with E-state index < -0.39 is 24.0 Å². The fourth-order valence-electron chi connectivity index (χ4n) is 2.48. The smallest absolute Gasteiger partial charge is 0.372 e. The van der Waals surface area contributed by atoms with Crippen LogP contribution in [0.5, 0.6) is 11.5 Å². The molecule has 1 aliphatic rings. The van der Waals surface area contributed by atoms with Gasteiger partial charge < -0.3 is 19.1 Å². The van der Waals surface area contributed by atoms with E-state index >= 15 is 0 Å². The molecule has 0 spiro atoms. The second kappa shape index (κ2) is 5.18. The second-order valence-corrected chi connectivity index (χ2v) is 4.88. The third-order valence-corrected chi connectivity index (χ3v) is 3.58. The lowest BCUT2D eigenvalue weighted by molar-refractivity contribution is -0.148. The van der Waals surface area contributed by atoms with Crippen LogP contribution in [0, 0.1) is 0 Å². The number of carboxylic acids is 1. The van der Waals surface area contributed by atoms with Crippen LogP contribution in [0.1, 0.15) is 23.7 Å². The summed E-state index contributed by atoms with van der Waals surface area (Å²) >= 11 is 0. The number of fused-ring (bicyclic) bond motifs is 2. The molecule has 1 N–H and O–H groups in total. The maximum absolute atomic E-state index is 12.2. The number of hydrogen-bond acceptors (Lipinski definition) is 5. The SMILES string of the molecule is CCn1cc(C(=O)CC(=O)C(=O)O)c2cc3c(cc21)OCO3. The number of rotatable bonds is 5. The number of aliphatic carboxylic acids is 1. The van der Waals surface area contributed by atoms with Crippen LogP contribution in [0.3, 0.4) is 0 Å². The molecule has 0 atom stereocenters. The molecule has 0 fully saturated rings. The summed E-state index contributed by atoms with van der Waals surface area (Å²) in [6.45, 7) is 2.66. The lowest BCUT2D eigenvalue weighted by atomic mass is 10.0. The highest BCUT2D eigenvalue weighted by molar-refractivity contribution is 6.37. The molecule has 0 radical (unpaired) electrons. The third-order valence-electron chi connectivity index (χ3n) is 3.58. The lowest BCUT2D eigenvalue weighted by Crippen LogP contribution is -2.17. The number of ether oxygens (including phenoxy) is 2. The van der Waals surface area contributed by atoms with E-state index in [-0.39, 0.29) is 6.79 Å². The summed E-state index contributed by atoms with van der Waals surface area (Å²) in [6, 6.07) is 3.46. The molecule has 0 saturated heterocycles. The van der Waals surface area contributed by atoms with E-state index in [1.165, 1.54) is 0 Å². The number of benzene rings is 1. The van der Waals surface area contributed by atoms with Gasteiger partial charge in [0.05, 0.1) is 11.9 Å². The van der Waals surface area contributed by atoms with Crippen LogP contribution in [-0.4, -0.2) is 34.0 Å². The molecule has 7 heteroatoms. The van der Waals surface area contributed by atoms with Crippen molar-refractivity contribution in [3.8, 4) is 11.5 Å². The molecule has 1 aromatic carbocycles. The van der Waals surface area contributed by atoms with Gasteiger partial charge in [-0.3, -0.25) is 9.59 Å². The van der Waals surface area contributed by atoms with Gasteiger partial charge in [-0.15, -0.1) is 0 Å². The van der Waals surface area contributed by atoms with Crippen LogP contribution in [0.25, 0.3) is 10.9 Å². The van der Waals surface area contributed by atoms with Gasteiger partial charge in [0.15, 0.2) is 17.3 Å². The Bertz CT molecular complexity index is 804. The summed E-state index contributed by atoms with van der Waals surface area (Å²) in [7, 11) is 0. The summed E-state index contributed by atoms with van der Waals surface area (Å²) in [5.41, 5.74) is 1.09. The normalized spacial score (nSPS) is 12.6. The van der Waals surface area contributed by atoms with Gasteiger partial charge in [-0.1, -0.05) is 0 Å². The molecule has 7 nitrogen and oxygen atoms in total. The highest BCUT2D eigenvalue weighted by Crippen LogP contribution is 2.38. The van der Waals surface area contributed by atoms with Crippen LogP contribution in [-0.2, 0) is 16.1 Å². The van der Waals surface area contributed by atoms with E-state index in [0.29, 0.717) is 29.0 Å². The second-order valence-electron chi connectivity index (χ2n) is 4.88. The van der Waals surface area contributed by atoms with Crippen molar-refractivity contribution in [1.82, 2.24) is 4.57 Å². The van der Waals surface area contributed by atoms with Gasteiger partial charge in [0.1, 0.15) is 0 Å². The average Bonchev–Trinajstić information content (AvgIpc) is 3.07. The first-order valence-electron chi connectivity index (χ1n) is 6.73. The zero-order valence-corrected chi connectivity index (χ0v) is 11.8. The Hall–Kier alpha value is -2.83. The number of carboxylic acid groups (broad SMARTS) is 1. The average molecular weight is 303 g/mol. The van der Waals surface area contributed by atoms with E-state index in [1.54, 1.807) is 18.3 Å². The number of nitrogens with zero attached hydrogens (tertiary/aromatic N) is 1. The van der Waals surface area contributed by atoms with Gasteiger partial charge >= 0.3 is 5.97 Å². The van der Waals surface area contributed by atoms with Gasteiger partial charge in [0.2, 0.25) is 12.6 Å². The summed E-state index contributed by atoms with van der Waals surface area (Å²) in [5, 5.41) is 9.25. The van der Waals surface area contributed by atoms with Gasteiger partial charge in [0, 0.05) is 29.8 Å². The molecule has 0 aliphatic carbocycles. The highest BCUT2D eigenvalue weighted by Gasteiger charge is 2.24. The van der Waals surface area contributed by atoms with E-state index in [9.17, 15) is 14.4 Å². The monoisotopic (exact) mass is 303 g/mol. The maximum atomic E-state index is 12.2. The van der Waals surface area contributed by atoms with E-state index in [4.69, 9.17) is 14.6 Å². The minimum atomic E-state index is -1.61. The fourth-order valence-corrected chi connectivity index (χ4v) is 2.48. The van der Waals surface area contributed by atoms with Crippen molar-refractivity contribution in [2.24, 2.45) is 0 Å². The quantitative estimate of drug-likeness (QED) is 0.512. The first kappa shape index (κ1) is 14.1. The molecular formula is C15H13NO6. The van der Waals surface area contributed by atoms with Crippen LogP contribution >= 0.6 is 0 Å². The van der Waals surface area contributed by atoms with E-state index in [0.717, 1.165) is 5.52 Å². The zero-order valence-electron chi connectivity index (χ0n) is 11.8. The summed E-state index contributed by atoms with van der Waals surface area (Å²) < 4.78 is 12.5. The Kier molecular flexibility index (Phi) is 3.32. The summed E-state index contributed by atoms with van der Waals surface area (Å²) in [5.74, 6) is -2.13. The predicted molar refractivity (Wildman–Crippen MR) is 75.3 cm³/mol. The Morgan fingerprint density at radius 2 is 1.91 bits per heavy atom. The molecule has 0 unspecified atom stereocenters. The van der Waals surface area contributed by atoms with E-state index in [2.05, 4.69) is 0 Å². The molecule has 3 rings (SSSR count). The predicted octanol–water partition coefficient (Wildman–Crippen LogP) is 1.62. The van der Waals surface area contributed by atoms with Crippen molar-refractivity contribution in [3.63, 3.8) is 0 Å². The molecule has 1 aromatic heterocycles. The molecule has 114 valence electrons. The topological polar surface area (TPSA) is 94.8 Å². The van der Waals surface area contributed by atoms with Crippen LogP contribution in [0.15, 0.2) is 18.3 Å². The first-order valence-corrected chi connectivity index (χ1v) is 6.73. The highest BCUT2D eigenvalue weighted by atomic mass is 16.7. The van der Waals surface area contributed by atoms with Crippen LogP contribution in [0.4, 0.5) is 0 Å². The van der Waals surface area contributed by atoms with Gasteiger partial charge in [0.25, 0.3) is 0 Å². The minimum Gasteiger partial charge on any atom is -0.475 e. The van der Waals surface area contributed by atoms with E-state index in [1.807, 2.05) is 11.5 Å². The van der Waals surface area contributed by atoms with Crippen molar-refractivity contribution in [3.05, 3.63) is 23.9 Å².